The zero-order valence-electron chi connectivity index (χ0n) is 17.5. The lowest BCUT2D eigenvalue weighted by Crippen LogP contribution is -2.58. The minimum Gasteiger partial charge on any atom is -0.384 e. The molecule has 3 rings (SSSR count). The highest BCUT2D eigenvalue weighted by molar-refractivity contribution is 7.91. The van der Waals surface area contributed by atoms with Crippen molar-refractivity contribution in [2.45, 2.75) is 61.8 Å². The van der Waals surface area contributed by atoms with E-state index in [2.05, 4.69) is 10.2 Å². The van der Waals surface area contributed by atoms with Gasteiger partial charge in [-0.1, -0.05) is 25.7 Å². The zero-order valence-corrected chi connectivity index (χ0v) is 18.3. The van der Waals surface area contributed by atoms with Gasteiger partial charge in [0, 0.05) is 24.8 Å². The van der Waals surface area contributed by atoms with Crippen LogP contribution < -0.4 is 5.32 Å². The molecule has 1 heterocycles. The van der Waals surface area contributed by atoms with Gasteiger partial charge >= 0.3 is 0 Å². The van der Waals surface area contributed by atoms with Crippen LogP contribution in [-0.2, 0) is 14.6 Å². The largest absolute Gasteiger partial charge is 0.384 e. The highest BCUT2D eigenvalue weighted by Crippen LogP contribution is 2.35. The number of likely N-dealkylation sites (tertiary alicyclic amines) is 1. The van der Waals surface area contributed by atoms with Crippen molar-refractivity contribution in [2.24, 2.45) is 0 Å². The van der Waals surface area contributed by atoms with Gasteiger partial charge in [-0.15, -0.1) is 0 Å². The van der Waals surface area contributed by atoms with Gasteiger partial charge < -0.3 is 10.1 Å². The second-order valence-electron chi connectivity index (χ2n) is 8.35. The van der Waals surface area contributed by atoms with Crippen molar-refractivity contribution in [3.8, 4) is 0 Å². The van der Waals surface area contributed by atoms with Crippen molar-refractivity contribution in [1.82, 2.24) is 10.2 Å². The Bertz CT molecular complexity index is 765. The molecule has 1 N–H and O–H groups in total. The standard InChI is InChI=1S/C22H34N2O4S/c1-28-16-17-29(26,27)20-10-8-19(9-11-20)21(25)23-18-22(12-4-2-5-13-22)24-14-6-3-7-15-24/h8-11H,2-7,12-18H2,1H3,(H,23,25). The van der Waals surface area contributed by atoms with E-state index >= 15 is 0 Å². The first-order valence-electron chi connectivity index (χ1n) is 10.8. The molecule has 0 unspecified atom stereocenters. The number of rotatable bonds is 8. The van der Waals surface area contributed by atoms with Crippen LogP contribution in [0.25, 0.3) is 0 Å². The van der Waals surface area contributed by atoms with E-state index in [1.54, 1.807) is 12.1 Å². The van der Waals surface area contributed by atoms with E-state index in [0.29, 0.717) is 12.1 Å². The van der Waals surface area contributed by atoms with E-state index < -0.39 is 9.84 Å². The predicted octanol–water partition coefficient (Wildman–Crippen LogP) is 3.03. The number of hydrogen-bond acceptors (Lipinski definition) is 5. The number of nitrogens with zero attached hydrogens (tertiary/aromatic N) is 1. The van der Waals surface area contributed by atoms with Crippen molar-refractivity contribution in [2.75, 3.05) is 39.1 Å². The molecule has 0 aromatic heterocycles. The molecule has 7 heteroatoms. The molecule has 1 aromatic carbocycles. The average Bonchev–Trinajstić information content (AvgIpc) is 2.77. The third kappa shape index (κ3) is 5.58. The summed E-state index contributed by atoms with van der Waals surface area (Å²) in [7, 11) is -1.90. The van der Waals surface area contributed by atoms with E-state index in [-0.39, 0.29) is 28.7 Å². The van der Waals surface area contributed by atoms with E-state index in [4.69, 9.17) is 4.74 Å². The zero-order chi connectivity index (χ0) is 20.7. The smallest absolute Gasteiger partial charge is 0.251 e. The Balaban J connectivity index is 1.64. The molecular formula is C22H34N2O4S. The molecule has 0 bridgehead atoms. The molecule has 1 saturated heterocycles. The van der Waals surface area contributed by atoms with Crippen LogP contribution in [0.15, 0.2) is 29.2 Å². The van der Waals surface area contributed by atoms with Crippen LogP contribution in [0.1, 0.15) is 61.7 Å². The van der Waals surface area contributed by atoms with Crippen LogP contribution in [0.2, 0.25) is 0 Å². The lowest BCUT2D eigenvalue weighted by Gasteiger charge is -2.48. The third-order valence-electron chi connectivity index (χ3n) is 6.42. The van der Waals surface area contributed by atoms with E-state index in [9.17, 15) is 13.2 Å². The first kappa shape index (κ1) is 22.2. The molecule has 0 spiro atoms. The van der Waals surface area contributed by atoms with E-state index in [0.717, 1.165) is 25.9 Å². The van der Waals surface area contributed by atoms with Crippen LogP contribution in [0, 0.1) is 0 Å². The number of benzene rings is 1. The normalized spacial score (nSPS) is 20.3. The van der Waals surface area contributed by atoms with Crippen molar-refractivity contribution >= 4 is 15.7 Å². The number of carbonyl (C=O) groups is 1. The summed E-state index contributed by atoms with van der Waals surface area (Å²) in [5.41, 5.74) is 0.581. The molecule has 1 aliphatic carbocycles. The number of carbonyl (C=O) groups excluding carboxylic acids is 1. The fourth-order valence-corrected chi connectivity index (χ4v) is 5.83. The SMILES string of the molecule is COCCS(=O)(=O)c1ccc(C(=O)NCC2(N3CCCCC3)CCCCC2)cc1. The third-order valence-corrected chi connectivity index (χ3v) is 8.12. The van der Waals surface area contributed by atoms with Crippen LogP contribution >= 0.6 is 0 Å². The van der Waals surface area contributed by atoms with Crippen LogP contribution in [0.5, 0.6) is 0 Å². The average molecular weight is 423 g/mol. The quantitative estimate of drug-likeness (QED) is 0.697. The highest BCUT2D eigenvalue weighted by Gasteiger charge is 2.38. The van der Waals surface area contributed by atoms with Gasteiger partial charge in [-0.2, -0.15) is 0 Å². The summed E-state index contributed by atoms with van der Waals surface area (Å²) in [4.78, 5) is 15.6. The lowest BCUT2D eigenvalue weighted by atomic mass is 9.79. The Labute approximate surface area is 174 Å². The lowest BCUT2D eigenvalue weighted by molar-refractivity contribution is 0.0326. The molecule has 0 radical (unpaired) electrons. The Kier molecular flexibility index (Phi) is 7.71. The molecule has 1 aromatic rings. The monoisotopic (exact) mass is 422 g/mol. The van der Waals surface area contributed by atoms with Gasteiger partial charge in [-0.25, -0.2) is 8.42 Å². The number of nitrogens with one attached hydrogen (secondary N) is 1. The maximum Gasteiger partial charge on any atom is 0.251 e. The Morgan fingerprint density at radius 2 is 1.66 bits per heavy atom. The maximum atomic E-state index is 12.7. The fourth-order valence-electron chi connectivity index (χ4n) is 4.65. The Morgan fingerprint density at radius 3 is 2.28 bits per heavy atom. The van der Waals surface area contributed by atoms with Crippen LogP contribution in [0.4, 0.5) is 0 Å². The van der Waals surface area contributed by atoms with E-state index in [1.165, 1.54) is 57.8 Å². The maximum absolute atomic E-state index is 12.7. The second kappa shape index (κ2) is 10.0. The van der Waals surface area contributed by atoms with Gasteiger partial charge in [0.05, 0.1) is 17.3 Å². The number of hydrogen-bond donors (Lipinski definition) is 1. The molecule has 1 saturated carbocycles. The Morgan fingerprint density at radius 1 is 1.03 bits per heavy atom. The number of methoxy groups -OCH3 is 1. The summed E-state index contributed by atoms with van der Waals surface area (Å²) < 4.78 is 29.3. The summed E-state index contributed by atoms with van der Waals surface area (Å²) in [6.07, 6.45) is 9.80. The predicted molar refractivity (Wildman–Crippen MR) is 114 cm³/mol. The Hall–Kier alpha value is -1.44. The van der Waals surface area contributed by atoms with Gasteiger partial charge in [0.25, 0.3) is 5.91 Å². The molecular weight excluding hydrogens is 388 g/mol. The second-order valence-corrected chi connectivity index (χ2v) is 10.5. The number of sulfone groups is 1. The minimum absolute atomic E-state index is 0.0621. The molecule has 162 valence electrons. The molecule has 29 heavy (non-hydrogen) atoms. The number of piperidine rings is 1. The molecule has 2 fully saturated rings. The van der Waals surface area contributed by atoms with Gasteiger partial charge in [0.15, 0.2) is 9.84 Å². The van der Waals surface area contributed by atoms with Crippen molar-refractivity contribution in [3.05, 3.63) is 29.8 Å². The molecule has 2 aliphatic rings. The van der Waals surface area contributed by atoms with Gasteiger partial charge in [-0.3, -0.25) is 9.69 Å². The van der Waals surface area contributed by atoms with Crippen molar-refractivity contribution in [3.63, 3.8) is 0 Å². The van der Waals surface area contributed by atoms with Crippen LogP contribution in [0.3, 0.4) is 0 Å². The van der Waals surface area contributed by atoms with Gasteiger partial charge in [-0.05, 0) is 63.0 Å². The summed E-state index contributed by atoms with van der Waals surface area (Å²) >= 11 is 0. The van der Waals surface area contributed by atoms with Gasteiger partial charge in [0.1, 0.15) is 0 Å². The van der Waals surface area contributed by atoms with Crippen molar-refractivity contribution in [1.29, 1.82) is 0 Å². The first-order valence-corrected chi connectivity index (χ1v) is 12.5. The molecule has 1 aliphatic heterocycles. The summed E-state index contributed by atoms with van der Waals surface area (Å²) in [6, 6.07) is 6.23. The number of ether oxygens (including phenoxy) is 1. The summed E-state index contributed by atoms with van der Waals surface area (Å²) in [6.45, 7) is 3.08. The van der Waals surface area contributed by atoms with Crippen LogP contribution in [-0.4, -0.2) is 63.9 Å². The van der Waals surface area contributed by atoms with E-state index in [1.807, 2.05) is 0 Å². The summed E-state index contributed by atoms with van der Waals surface area (Å²) in [5, 5.41) is 3.15. The molecule has 0 atom stereocenters. The van der Waals surface area contributed by atoms with Crippen molar-refractivity contribution < 1.29 is 17.9 Å². The first-order chi connectivity index (χ1) is 14.0. The fraction of sp³-hybridized carbons (Fsp3) is 0.682. The number of amides is 1. The molecule has 1 amide bonds. The molecule has 6 nitrogen and oxygen atoms in total. The minimum atomic E-state index is -3.38. The topological polar surface area (TPSA) is 75.7 Å². The summed E-state index contributed by atoms with van der Waals surface area (Å²) in [5.74, 6) is -0.194. The highest BCUT2D eigenvalue weighted by atomic mass is 32.2. The van der Waals surface area contributed by atoms with Gasteiger partial charge in [0.2, 0.25) is 0 Å².